The Balaban J connectivity index is 3.06. The Morgan fingerprint density at radius 1 is 1.53 bits per heavy atom. The van der Waals surface area contributed by atoms with Gasteiger partial charge in [-0.3, -0.25) is 4.79 Å². The number of hydrogen-bond donors (Lipinski definition) is 1. The van der Waals surface area contributed by atoms with Crippen molar-refractivity contribution in [3.8, 4) is 0 Å². The highest BCUT2D eigenvalue weighted by Gasteiger charge is 2.22. The molecule has 0 amide bonds. The summed E-state index contributed by atoms with van der Waals surface area (Å²) in [6.45, 7) is 1.38. The summed E-state index contributed by atoms with van der Waals surface area (Å²) in [5.74, 6) is -1.21. The number of carbonyl (C=O) groups excluding carboxylic acids is 1. The topological polar surface area (TPSA) is 89.6 Å². The number of ether oxygens (including phenoxy) is 1. The molecule has 0 aliphatic heterocycles. The highest BCUT2D eigenvalue weighted by Crippen LogP contribution is 2.16. The van der Waals surface area contributed by atoms with Crippen LogP contribution >= 0.6 is 0 Å². The SMILES string of the molecule is COCc1onc(CC(C)=O)c1C(=O)O. The van der Waals surface area contributed by atoms with Gasteiger partial charge in [0, 0.05) is 7.11 Å². The first-order valence-electron chi connectivity index (χ1n) is 4.25. The number of rotatable bonds is 5. The van der Waals surface area contributed by atoms with E-state index in [9.17, 15) is 9.59 Å². The van der Waals surface area contributed by atoms with Crippen molar-refractivity contribution in [2.75, 3.05) is 7.11 Å². The maximum atomic E-state index is 10.9. The molecule has 6 heteroatoms. The van der Waals surface area contributed by atoms with Crippen molar-refractivity contribution in [3.05, 3.63) is 17.0 Å². The number of nitrogens with zero attached hydrogens (tertiary/aromatic N) is 1. The monoisotopic (exact) mass is 213 g/mol. The summed E-state index contributed by atoms with van der Waals surface area (Å²) < 4.78 is 9.55. The third kappa shape index (κ3) is 2.63. The molecule has 82 valence electrons. The standard InChI is InChI=1S/C9H11NO5/c1-5(11)3-6-8(9(12)13)7(4-14-2)15-10-6/h3-4H2,1-2H3,(H,12,13). The summed E-state index contributed by atoms with van der Waals surface area (Å²) in [6, 6.07) is 0. The van der Waals surface area contributed by atoms with Gasteiger partial charge in [-0.15, -0.1) is 0 Å². The van der Waals surface area contributed by atoms with Crippen molar-refractivity contribution in [1.82, 2.24) is 5.16 Å². The molecule has 0 aliphatic carbocycles. The first-order chi connectivity index (χ1) is 7.06. The predicted octanol–water partition coefficient (Wildman–Crippen LogP) is 0.651. The van der Waals surface area contributed by atoms with Crippen LogP contribution in [0.1, 0.15) is 28.7 Å². The summed E-state index contributed by atoms with van der Waals surface area (Å²) in [5.41, 5.74) is 0.0640. The van der Waals surface area contributed by atoms with E-state index in [1.807, 2.05) is 0 Å². The van der Waals surface area contributed by atoms with E-state index < -0.39 is 5.97 Å². The van der Waals surface area contributed by atoms with Gasteiger partial charge in [0.25, 0.3) is 0 Å². The zero-order valence-electron chi connectivity index (χ0n) is 8.44. The molecule has 0 saturated carbocycles. The van der Waals surface area contributed by atoms with Crippen molar-refractivity contribution < 1.29 is 24.0 Å². The van der Waals surface area contributed by atoms with Gasteiger partial charge in [0.1, 0.15) is 23.6 Å². The van der Waals surface area contributed by atoms with E-state index in [-0.39, 0.29) is 35.8 Å². The number of ketones is 1. The van der Waals surface area contributed by atoms with E-state index in [4.69, 9.17) is 14.4 Å². The Kier molecular flexibility index (Phi) is 3.56. The summed E-state index contributed by atoms with van der Waals surface area (Å²) in [5, 5.41) is 12.4. The quantitative estimate of drug-likeness (QED) is 0.772. The lowest BCUT2D eigenvalue weighted by atomic mass is 10.1. The molecule has 6 nitrogen and oxygen atoms in total. The fourth-order valence-corrected chi connectivity index (χ4v) is 1.19. The zero-order chi connectivity index (χ0) is 11.4. The molecule has 0 bridgehead atoms. The molecule has 15 heavy (non-hydrogen) atoms. The van der Waals surface area contributed by atoms with Gasteiger partial charge in [0.05, 0.1) is 6.42 Å². The number of hydrogen-bond acceptors (Lipinski definition) is 5. The van der Waals surface area contributed by atoms with Crippen LogP contribution in [0.5, 0.6) is 0 Å². The van der Waals surface area contributed by atoms with Crippen LogP contribution in [-0.4, -0.2) is 29.1 Å². The van der Waals surface area contributed by atoms with E-state index in [2.05, 4.69) is 5.16 Å². The van der Waals surface area contributed by atoms with Crippen LogP contribution in [-0.2, 0) is 22.6 Å². The van der Waals surface area contributed by atoms with Crippen LogP contribution in [0.25, 0.3) is 0 Å². The molecule has 1 heterocycles. The molecular formula is C9H11NO5. The molecule has 1 N–H and O–H groups in total. The first kappa shape index (κ1) is 11.4. The fraction of sp³-hybridized carbons (Fsp3) is 0.444. The molecular weight excluding hydrogens is 202 g/mol. The van der Waals surface area contributed by atoms with Crippen LogP contribution in [0.3, 0.4) is 0 Å². The van der Waals surface area contributed by atoms with Gasteiger partial charge in [-0.25, -0.2) is 4.79 Å². The predicted molar refractivity (Wildman–Crippen MR) is 48.6 cm³/mol. The Labute approximate surface area is 85.8 Å². The number of Topliss-reactive ketones (excluding diaryl/α,β-unsaturated/α-hetero) is 1. The number of carboxylic acid groups (broad SMARTS) is 1. The molecule has 0 saturated heterocycles. The van der Waals surface area contributed by atoms with Gasteiger partial charge in [-0.05, 0) is 6.92 Å². The van der Waals surface area contributed by atoms with Crippen LogP contribution in [0.4, 0.5) is 0 Å². The summed E-state index contributed by atoms with van der Waals surface area (Å²) >= 11 is 0. The lowest BCUT2D eigenvalue weighted by Gasteiger charge is -1.96. The van der Waals surface area contributed by atoms with Crippen LogP contribution in [0, 0.1) is 0 Å². The van der Waals surface area contributed by atoms with E-state index in [1.54, 1.807) is 0 Å². The van der Waals surface area contributed by atoms with Crippen molar-refractivity contribution >= 4 is 11.8 Å². The molecule has 0 fully saturated rings. The maximum Gasteiger partial charge on any atom is 0.341 e. The lowest BCUT2D eigenvalue weighted by Crippen LogP contribution is -2.07. The van der Waals surface area contributed by atoms with Crippen LogP contribution in [0.15, 0.2) is 4.52 Å². The number of carboxylic acids is 1. The molecule has 0 spiro atoms. The van der Waals surface area contributed by atoms with Gasteiger partial charge in [-0.2, -0.15) is 0 Å². The Morgan fingerprint density at radius 3 is 2.67 bits per heavy atom. The largest absolute Gasteiger partial charge is 0.477 e. The summed E-state index contributed by atoms with van der Waals surface area (Å²) in [6.07, 6.45) is -0.0468. The van der Waals surface area contributed by atoms with E-state index in [0.29, 0.717) is 0 Å². The zero-order valence-corrected chi connectivity index (χ0v) is 8.44. The second-order valence-electron chi connectivity index (χ2n) is 3.04. The highest BCUT2D eigenvalue weighted by atomic mass is 16.5. The first-order valence-corrected chi connectivity index (χ1v) is 4.25. The van der Waals surface area contributed by atoms with Gasteiger partial charge >= 0.3 is 5.97 Å². The normalized spacial score (nSPS) is 10.3. The smallest absolute Gasteiger partial charge is 0.341 e. The number of aromatic carboxylic acids is 1. The minimum absolute atomic E-state index is 0.0204. The Hall–Kier alpha value is -1.69. The minimum atomic E-state index is -1.17. The lowest BCUT2D eigenvalue weighted by molar-refractivity contribution is -0.116. The van der Waals surface area contributed by atoms with Gasteiger partial charge in [-0.1, -0.05) is 5.16 Å². The summed E-state index contributed by atoms with van der Waals surface area (Å²) in [4.78, 5) is 21.7. The van der Waals surface area contributed by atoms with Gasteiger partial charge in [0.15, 0.2) is 5.76 Å². The molecule has 1 aromatic rings. The Morgan fingerprint density at radius 2 is 2.20 bits per heavy atom. The molecule has 0 unspecified atom stereocenters. The highest BCUT2D eigenvalue weighted by molar-refractivity contribution is 5.91. The molecule has 1 rings (SSSR count). The minimum Gasteiger partial charge on any atom is -0.477 e. The van der Waals surface area contributed by atoms with Crippen molar-refractivity contribution in [1.29, 1.82) is 0 Å². The fourth-order valence-electron chi connectivity index (χ4n) is 1.19. The number of carbonyl (C=O) groups is 2. The second-order valence-corrected chi connectivity index (χ2v) is 3.04. The number of methoxy groups -OCH3 is 1. The third-order valence-electron chi connectivity index (χ3n) is 1.74. The van der Waals surface area contributed by atoms with Crippen molar-refractivity contribution in [2.24, 2.45) is 0 Å². The second kappa shape index (κ2) is 4.70. The van der Waals surface area contributed by atoms with E-state index >= 15 is 0 Å². The van der Waals surface area contributed by atoms with Crippen LogP contribution < -0.4 is 0 Å². The molecule has 1 aromatic heterocycles. The molecule has 0 radical (unpaired) electrons. The Bertz CT molecular complexity index is 382. The van der Waals surface area contributed by atoms with Gasteiger partial charge < -0.3 is 14.4 Å². The summed E-state index contributed by atoms with van der Waals surface area (Å²) in [7, 11) is 1.42. The molecule has 0 aliphatic rings. The average molecular weight is 213 g/mol. The third-order valence-corrected chi connectivity index (χ3v) is 1.74. The van der Waals surface area contributed by atoms with Crippen molar-refractivity contribution in [2.45, 2.75) is 20.0 Å². The average Bonchev–Trinajstić information content (AvgIpc) is 2.47. The van der Waals surface area contributed by atoms with Crippen molar-refractivity contribution in [3.63, 3.8) is 0 Å². The van der Waals surface area contributed by atoms with Gasteiger partial charge in [0.2, 0.25) is 0 Å². The molecule has 0 aromatic carbocycles. The van der Waals surface area contributed by atoms with Crippen LogP contribution in [0.2, 0.25) is 0 Å². The van der Waals surface area contributed by atoms with E-state index in [0.717, 1.165) is 0 Å². The van der Waals surface area contributed by atoms with E-state index in [1.165, 1.54) is 14.0 Å². The number of aromatic nitrogens is 1. The molecule has 0 atom stereocenters. The maximum absolute atomic E-state index is 10.9.